The summed E-state index contributed by atoms with van der Waals surface area (Å²) in [4.78, 5) is 34.2. The molecule has 0 saturated heterocycles. The van der Waals surface area contributed by atoms with E-state index >= 15 is 0 Å². The Balaban J connectivity index is 2.65. The molecule has 0 aromatic heterocycles. The van der Waals surface area contributed by atoms with Crippen molar-refractivity contribution in [3.8, 4) is 0 Å². The molecule has 0 saturated carbocycles. The monoisotopic (exact) mass is 221 g/mol. The highest BCUT2D eigenvalue weighted by Gasteiger charge is 2.37. The minimum Gasteiger partial charge on any atom is -0.301 e. The third-order valence-corrected chi connectivity index (χ3v) is 2.42. The molecule has 1 aliphatic rings. The van der Waals surface area contributed by atoms with Crippen LogP contribution in [0.5, 0.6) is 0 Å². The molecule has 0 spiro atoms. The molecule has 16 heavy (non-hydrogen) atoms. The van der Waals surface area contributed by atoms with Gasteiger partial charge in [-0.25, -0.2) is 4.39 Å². The van der Waals surface area contributed by atoms with Gasteiger partial charge in [0.1, 0.15) is 12.1 Å². The van der Waals surface area contributed by atoms with Crippen molar-refractivity contribution in [3.63, 3.8) is 0 Å². The smallest absolute Gasteiger partial charge is 0.299 e. The number of ketones is 1. The Labute approximate surface area is 90.7 Å². The molecule has 4 nitrogen and oxygen atoms in total. The van der Waals surface area contributed by atoms with Crippen LogP contribution in [0.3, 0.4) is 0 Å². The second-order valence-electron chi connectivity index (χ2n) is 3.55. The zero-order valence-electron chi connectivity index (χ0n) is 8.49. The van der Waals surface area contributed by atoms with Gasteiger partial charge in [0.05, 0.1) is 17.8 Å². The summed E-state index contributed by atoms with van der Waals surface area (Å²) in [5, 5.41) is 0. The van der Waals surface area contributed by atoms with Crippen LogP contribution in [0.15, 0.2) is 12.1 Å². The van der Waals surface area contributed by atoms with Gasteiger partial charge in [-0.1, -0.05) is 0 Å². The Kier molecular flexibility index (Phi) is 2.30. The molecule has 0 aliphatic carbocycles. The summed E-state index contributed by atoms with van der Waals surface area (Å²) in [6, 6.07) is 2.67. The predicted molar refractivity (Wildman–Crippen MR) is 53.9 cm³/mol. The van der Waals surface area contributed by atoms with E-state index in [0.717, 1.165) is 4.90 Å². The predicted octanol–water partition coefficient (Wildman–Crippen LogP) is 0.862. The van der Waals surface area contributed by atoms with Crippen molar-refractivity contribution in [1.82, 2.24) is 0 Å². The molecular weight excluding hydrogens is 213 g/mol. The van der Waals surface area contributed by atoms with Crippen molar-refractivity contribution in [1.29, 1.82) is 0 Å². The molecule has 1 aromatic rings. The largest absolute Gasteiger partial charge is 0.301 e. The van der Waals surface area contributed by atoms with E-state index in [1.165, 1.54) is 12.1 Å². The standard InChI is InChI=1S/C11H8FNO3/c1-6-4-7-9(8(12)5-6)13(2-3-14)11(16)10(7)15/h3-5H,2H2,1H3. The first-order chi connectivity index (χ1) is 7.56. The molecule has 0 radical (unpaired) electrons. The lowest BCUT2D eigenvalue weighted by Gasteiger charge is -2.13. The van der Waals surface area contributed by atoms with Crippen molar-refractivity contribution in [2.75, 3.05) is 11.4 Å². The number of halogens is 1. The molecule has 1 aliphatic heterocycles. The number of amides is 1. The number of aryl methyl sites for hydroxylation is 1. The minimum atomic E-state index is -0.855. The molecule has 82 valence electrons. The van der Waals surface area contributed by atoms with Crippen LogP contribution in [0, 0.1) is 12.7 Å². The first-order valence-electron chi connectivity index (χ1n) is 4.66. The van der Waals surface area contributed by atoms with E-state index in [1.807, 2.05) is 0 Å². The Morgan fingerprint density at radius 3 is 2.69 bits per heavy atom. The molecule has 0 bridgehead atoms. The Hall–Kier alpha value is -2.04. The SMILES string of the molecule is Cc1cc(F)c2c(c1)C(=O)C(=O)N2CC=O. The van der Waals surface area contributed by atoms with Gasteiger partial charge in [0.2, 0.25) is 0 Å². The number of aldehydes is 1. The fourth-order valence-electron chi connectivity index (χ4n) is 1.77. The van der Waals surface area contributed by atoms with Gasteiger partial charge in [-0.05, 0) is 24.6 Å². The van der Waals surface area contributed by atoms with Crippen LogP contribution in [0.4, 0.5) is 10.1 Å². The van der Waals surface area contributed by atoms with E-state index in [0.29, 0.717) is 11.8 Å². The van der Waals surface area contributed by atoms with Crippen molar-refractivity contribution in [2.24, 2.45) is 0 Å². The van der Waals surface area contributed by atoms with Crippen LogP contribution in [0.25, 0.3) is 0 Å². The normalized spacial score (nSPS) is 14.2. The summed E-state index contributed by atoms with van der Waals surface area (Å²) < 4.78 is 13.6. The minimum absolute atomic E-state index is 0.0318. The summed E-state index contributed by atoms with van der Waals surface area (Å²) in [6.07, 6.45) is 0.458. The van der Waals surface area contributed by atoms with Gasteiger partial charge in [0, 0.05) is 0 Å². The average Bonchev–Trinajstić information content (AvgIpc) is 2.44. The number of carbonyl (C=O) groups is 3. The van der Waals surface area contributed by atoms with E-state index in [9.17, 15) is 18.8 Å². The third kappa shape index (κ3) is 1.32. The maximum atomic E-state index is 13.6. The van der Waals surface area contributed by atoms with Crippen molar-refractivity contribution >= 4 is 23.7 Å². The first kappa shape index (κ1) is 10.5. The Morgan fingerprint density at radius 1 is 1.38 bits per heavy atom. The number of hydrogen-bond donors (Lipinski definition) is 0. The van der Waals surface area contributed by atoms with Crippen LogP contribution >= 0.6 is 0 Å². The summed E-state index contributed by atoms with van der Waals surface area (Å²) in [7, 11) is 0. The lowest BCUT2D eigenvalue weighted by atomic mass is 10.1. The molecule has 1 heterocycles. The van der Waals surface area contributed by atoms with E-state index in [4.69, 9.17) is 0 Å². The lowest BCUT2D eigenvalue weighted by molar-refractivity contribution is -0.115. The maximum Gasteiger partial charge on any atom is 0.299 e. The molecule has 0 atom stereocenters. The van der Waals surface area contributed by atoms with Gasteiger partial charge in [0.15, 0.2) is 0 Å². The van der Waals surface area contributed by atoms with Gasteiger partial charge in [0.25, 0.3) is 11.7 Å². The third-order valence-electron chi connectivity index (χ3n) is 2.42. The number of fused-ring (bicyclic) bond motifs is 1. The summed E-state index contributed by atoms with van der Waals surface area (Å²) in [5.74, 6) is -2.28. The van der Waals surface area contributed by atoms with Gasteiger partial charge < -0.3 is 4.79 Å². The number of Topliss-reactive ketones (excluding diaryl/α,β-unsaturated/α-hetero) is 1. The maximum absolute atomic E-state index is 13.6. The number of anilines is 1. The number of rotatable bonds is 2. The molecule has 0 N–H and O–H groups in total. The molecule has 5 heteroatoms. The van der Waals surface area contributed by atoms with Gasteiger partial charge in [-0.3, -0.25) is 14.5 Å². The average molecular weight is 221 g/mol. The zero-order chi connectivity index (χ0) is 11.9. The van der Waals surface area contributed by atoms with Crippen LogP contribution in [0.1, 0.15) is 15.9 Å². The van der Waals surface area contributed by atoms with Crippen molar-refractivity contribution < 1.29 is 18.8 Å². The molecule has 1 aromatic carbocycles. The number of benzene rings is 1. The topological polar surface area (TPSA) is 54.5 Å². The quantitative estimate of drug-likeness (QED) is 0.549. The first-order valence-corrected chi connectivity index (χ1v) is 4.66. The molecule has 1 amide bonds. The van der Waals surface area contributed by atoms with Crippen LogP contribution in [-0.4, -0.2) is 24.5 Å². The number of hydrogen-bond acceptors (Lipinski definition) is 3. The van der Waals surface area contributed by atoms with Gasteiger partial charge in [-0.15, -0.1) is 0 Å². The van der Waals surface area contributed by atoms with E-state index < -0.39 is 17.5 Å². The lowest BCUT2D eigenvalue weighted by Crippen LogP contribution is -2.31. The van der Waals surface area contributed by atoms with Crippen molar-refractivity contribution in [2.45, 2.75) is 6.92 Å². The fraction of sp³-hybridized carbons (Fsp3) is 0.182. The van der Waals surface area contributed by atoms with E-state index in [2.05, 4.69) is 0 Å². The van der Waals surface area contributed by atoms with E-state index in [-0.39, 0.29) is 17.8 Å². The molecule has 0 unspecified atom stereocenters. The number of carbonyl (C=O) groups excluding carboxylic acids is 3. The molecule has 2 rings (SSSR count). The Morgan fingerprint density at radius 2 is 2.06 bits per heavy atom. The second-order valence-corrected chi connectivity index (χ2v) is 3.55. The second kappa shape index (κ2) is 3.52. The summed E-state index contributed by atoms with van der Waals surface area (Å²) in [6.45, 7) is 1.32. The van der Waals surface area contributed by atoms with Crippen LogP contribution in [-0.2, 0) is 9.59 Å². The van der Waals surface area contributed by atoms with E-state index in [1.54, 1.807) is 6.92 Å². The van der Waals surface area contributed by atoms with Gasteiger partial charge in [-0.2, -0.15) is 0 Å². The highest BCUT2D eigenvalue weighted by Crippen LogP contribution is 2.32. The van der Waals surface area contributed by atoms with Crippen LogP contribution < -0.4 is 4.90 Å². The molecule has 0 fully saturated rings. The summed E-state index contributed by atoms with van der Waals surface area (Å²) >= 11 is 0. The zero-order valence-corrected chi connectivity index (χ0v) is 8.49. The summed E-state index contributed by atoms with van der Waals surface area (Å²) in [5.41, 5.74) is 0.502. The molecular formula is C11H8FNO3. The number of nitrogens with zero attached hydrogens (tertiary/aromatic N) is 1. The highest BCUT2D eigenvalue weighted by atomic mass is 19.1. The highest BCUT2D eigenvalue weighted by molar-refractivity contribution is 6.52. The van der Waals surface area contributed by atoms with Crippen molar-refractivity contribution in [3.05, 3.63) is 29.1 Å². The van der Waals surface area contributed by atoms with Gasteiger partial charge >= 0.3 is 0 Å². The Bertz CT molecular complexity index is 510. The fourth-order valence-corrected chi connectivity index (χ4v) is 1.77. The van der Waals surface area contributed by atoms with Crippen LogP contribution in [0.2, 0.25) is 0 Å².